The van der Waals surface area contributed by atoms with Crippen LogP contribution in [-0.4, -0.2) is 52.5 Å². The minimum absolute atomic E-state index is 0.165. The van der Waals surface area contributed by atoms with E-state index in [0.717, 1.165) is 49.3 Å². The molecular weight excluding hydrogens is 330 g/mol. The van der Waals surface area contributed by atoms with Crippen molar-refractivity contribution in [1.82, 2.24) is 14.4 Å². The van der Waals surface area contributed by atoms with Crippen molar-refractivity contribution in [3.8, 4) is 0 Å². The highest BCUT2D eigenvalue weighted by molar-refractivity contribution is 9.10. The molecule has 21 heavy (non-hydrogen) atoms. The van der Waals surface area contributed by atoms with Crippen LogP contribution in [0.2, 0.25) is 0 Å². The van der Waals surface area contributed by atoms with Gasteiger partial charge in [-0.1, -0.05) is 13.8 Å². The fourth-order valence-corrected chi connectivity index (χ4v) is 3.33. The molecule has 0 radical (unpaired) electrons. The van der Waals surface area contributed by atoms with Crippen molar-refractivity contribution >= 4 is 21.8 Å². The van der Waals surface area contributed by atoms with Crippen molar-refractivity contribution < 1.29 is 4.79 Å². The number of aryl methyl sites for hydroxylation is 1. The van der Waals surface area contributed by atoms with Gasteiger partial charge in [-0.05, 0) is 41.8 Å². The smallest absolute Gasteiger partial charge is 0.270 e. The van der Waals surface area contributed by atoms with Gasteiger partial charge in [0.2, 0.25) is 0 Å². The Morgan fingerprint density at radius 2 is 1.95 bits per heavy atom. The molecule has 1 fully saturated rings. The fourth-order valence-electron chi connectivity index (χ4n) is 2.87. The van der Waals surface area contributed by atoms with Crippen LogP contribution in [0, 0.1) is 0 Å². The zero-order valence-corrected chi connectivity index (χ0v) is 14.9. The summed E-state index contributed by atoms with van der Waals surface area (Å²) in [4.78, 5) is 17.2. The number of amides is 1. The summed E-state index contributed by atoms with van der Waals surface area (Å²) in [6.45, 7) is 11.1. The summed E-state index contributed by atoms with van der Waals surface area (Å²) in [6, 6.07) is 2.55. The second-order valence-corrected chi connectivity index (χ2v) is 6.74. The van der Waals surface area contributed by atoms with Gasteiger partial charge in [-0.3, -0.25) is 9.69 Å². The summed E-state index contributed by atoms with van der Waals surface area (Å²) in [5, 5.41) is 0. The zero-order valence-electron chi connectivity index (χ0n) is 13.3. The lowest BCUT2D eigenvalue weighted by Gasteiger charge is -2.37. The molecule has 0 saturated carbocycles. The van der Waals surface area contributed by atoms with Crippen molar-refractivity contribution in [3.63, 3.8) is 0 Å². The molecule has 1 amide bonds. The number of nitrogens with zero attached hydrogens (tertiary/aromatic N) is 3. The van der Waals surface area contributed by atoms with Crippen LogP contribution in [0.25, 0.3) is 0 Å². The lowest BCUT2D eigenvalue weighted by molar-refractivity contribution is 0.0569. The third kappa shape index (κ3) is 3.89. The maximum Gasteiger partial charge on any atom is 0.270 e. The van der Waals surface area contributed by atoms with Gasteiger partial charge in [0, 0.05) is 49.4 Å². The molecule has 0 aliphatic carbocycles. The van der Waals surface area contributed by atoms with Crippen molar-refractivity contribution in [2.75, 3.05) is 26.2 Å². The molecule has 0 spiro atoms. The van der Waals surface area contributed by atoms with E-state index in [-0.39, 0.29) is 5.91 Å². The average Bonchev–Trinajstić information content (AvgIpc) is 2.87. The van der Waals surface area contributed by atoms with Crippen molar-refractivity contribution in [2.45, 2.75) is 46.2 Å². The van der Waals surface area contributed by atoms with Gasteiger partial charge in [0.25, 0.3) is 5.91 Å². The molecule has 118 valence electrons. The molecular formula is C16H26BrN3O. The Hall–Kier alpha value is -0.810. The lowest BCUT2D eigenvalue weighted by atomic mass is 10.2. The molecule has 0 aromatic carbocycles. The summed E-state index contributed by atoms with van der Waals surface area (Å²) in [5.74, 6) is 0.165. The van der Waals surface area contributed by atoms with Crippen LogP contribution < -0.4 is 0 Å². The number of hydrogen-bond acceptors (Lipinski definition) is 2. The maximum absolute atomic E-state index is 12.7. The highest BCUT2D eigenvalue weighted by Gasteiger charge is 2.25. The number of aromatic nitrogens is 1. The van der Waals surface area contributed by atoms with Gasteiger partial charge < -0.3 is 9.47 Å². The van der Waals surface area contributed by atoms with Gasteiger partial charge in [0.1, 0.15) is 5.69 Å². The Labute approximate surface area is 136 Å². The summed E-state index contributed by atoms with van der Waals surface area (Å²) in [7, 11) is 0. The second kappa shape index (κ2) is 7.45. The minimum Gasteiger partial charge on any atom is -0.342 e. The molecule has 2 heterocycles. The van der Waals surface area contributed by atoms with E-state index in [1.165, 1.54) is 6.42 Å². The van der Waals surface area contributed by atoms with E-state index in [2.05, 4.69) is 46.2 Å². The third-order valence-corrected chi connectivity index (χ3v) is 4.80. The van der Waals surface area contributed by atoms with Gasteiger partial charge in [-0.25, -0.2) is 0 Å². The Balaban J connectivity index is 2.02. The SMILES string of the molecule is CCCn1cc(Br)cc1C(=O)N1CCN(C(C)CC)CC1. The third-order valence-electron chi connectivity index (χ3n) is 4.36. The molecule has 1 aromatic heterocycles. The highest BCUT2D eigenvalue weighted by Crippen LogP contribution is 2.18. The average molecular weight is 356 g/mol. The first-order valence-corrected chi connectivity index (χ1v) is 8.75. The molecule has 1 aliphatic heterocycles. The number of carbonyl (C=O) groups excluding carboxylic acids is 1. The standard InChI is InChI=1S/C16H26BrN3O/c1-4-6-20-12-14(17)11-15(20)16(21)19-9-7-18(8-10-19)13(3)5-2/h11-13H,4-10H2,1-3H3. The first-order chi connectivity index (χ1) is 10.1. The number of piperazine rings is 1. The van der Waals surface area contributed by atoms with Crippen LogP contribution in [0.5, 0.6) is 0 Å². The summed E-state index contributed by atoms with van der Waals surface area (Å²) >= 11 is 3.48. The first-order valence-electron chi connectivity index (χ1n) is 7.95. The minimum atomic E-state index is 0.165. The maximum atomic E-state index is 12.7. The van der Waals surface area contributed by atoms with Crippen molar-refractivity contribution in [1.29, 1.82) is 0 Å². The van der Waals surface area contributed by atoms with Crippen molar-refractivity contribution in [2.24, 2.45) is 0 Å². The molecule has 4 nitrogen and oxygen atoms in total. The molecule has 1 aromatic rings. The summed E-state index contributed by atoms with van der Waals surface area (Å²) in [6.07, 6.45) is 4.20. The largest absolute Gasteiger partial charge is 0.342 e. The molecule has 2 rings (SSSR count). The van der Waals surface area contributed by atoms with E-state index in [0.29, 0.717) is 6.04 Å². The predicted molar refractivity (Wildman–Crippen MR) is 89.7 cm³/mol. The van der Waals surface area contributed by atoms with Crippen LogP contribution in [0.4, 0.5) is 0 Å². The van der Waals surface area contributed by atoms with Gasteiger partial charge >= 0.3 is 0 Å². The van der Waals surface area contributed by atoms with E-state index in [4.69, 9.17) is 0 Å². The number of hydrogen-bond donors (Lipinski definition) is 0. The Bertz CT molecular complexity index is 478. The molecule has 1 unspecified atom stereocenters. The molecule has 1 aliphatic rings. The van der Waals surface area contributed by atoms with E-state index < -0.39 is 0 Å². The fraction of sp³-hybridized carbons (Fsp3) is 0.688. The zero-order chi connectivity index (χ0) is 15.4. The topological polar surface area (TPSA) is 28.5 Å². The highest BCUT2D eigenvalue weighted by atomic mass is 79.9. The van der Waals surface area contributed by atoms with Gasteiger partial charge in [0.05, 0.1) is 0 Å². The molecule has 0 N–H and O–H groups in total. The van der Waals surface area contributed by atoms with Crippen LogP contribution in [-0.2, 0) is 6.54 Å². The molecule has 5 heteroatoms. The second-order valence-electron chi connectivity index (χ2n) is 5.82. The van der Waals surface area contributed by atoms with Gasteiger partial charge in [0.15, 0.2) is 0 Å². The number of carbonyl (C=O) groups is 1. The van der Waals surface area contributed by atoms with Crippen LogP contribution in [0.3, 0.4) is 0 Å². The molecule has 1 atom stereocenters. The normalized spacial score (nSPS) is 18.0. The number of rotatable bonds is 5. The molecule has 0 bridgehead atoms. The van der Waals surface area contributed by atoms with Crippen molar-refractivity contribution in [3.05, 3.63) is 22.4 Å². The Morgan fingerprint density at radius 1 is 1.29 bits per heavy atom. The lowest BCUT2D eigenvalue weighted by Crippen LogP contribution is -2.51. The monoisotopic (exact) mass is 355 g/mol. The number of halogens is 1. The first kappa shape index (κ1) is 16.6. The predicted octanol–water partition coefficient (Wildman–Crippen LogP) is 3.22. The van der Waals surface area contributed by atoms with Crippen LogP contribution in [0.15, 0.2) is 16.7 Å². The van der Waals surface area contributed by atoms with E-state index in [1.54, 1.807) is 0 Å². The van der Waals surface area contributed by atoms with E-state index >= 15 is 0 Å². The van der Waals surface area contributed by atoms with Gasteiger partial charge in [-0.15, -0.1) is 0 Å². The van der Waals surface area contributed by atoms with E-state index in [1.807, 2.05) is 17.2 Å². The quantitative estimate of drug-likeness (QED) is 0.811. The summed E-state index contributed by atoms with van der Waals surface area (Å²) in [5.41, 5.74) is 0.806. The van der Waals surface area contributed by atoms with E-state index in [9.17, 15) is 4.79 Å². The Kier molecular flexibility index (Phi) is 5.88. The Morgan fingerprint density at radius 3 is 2.52 bits per heavy atom. The van der Waals surface area contributed by atoms with Crippen LogP contribution in [0.1, 0.15) is 44.1 Å². The van der Waals surface area contributed by atoms with Gasteiger partial charge in [-0.2, -0.15) is 0 Å². The summed E-state index contributed by atoms with van der Waals surface area (Å²) < 4.78 is 3.05. The molecule has 1 saturated heterocycles. The van der Waals surface area contributed by atoms with Crippen LogP contribution >= 0.6 is 15.9 Å².